The molecule has 0 aliphatic carbocycles. The van der Waals surface area contributed by atoms with Crippen LogP contribution in [0.25, 0.3) is 5.69 Å². The first-order valence-electron chi connectivity index (χ1n) is 4.36. The highest BCUT2D eigenvalue weighted by atomic mass is 16.2. The predicted molar refractivity (Wildman–Crippen MR) is 56.2 cm³/mol. The molecule has 0 radical (unpaired) electrons. The standard InChI is InChI=1S/C9H10N4O2/c1-5-2-3-6(4-7(5)10)13-8(14)11-12-9(13)15/h2-4H,10H2,1H3,(H,11,14)(H,12,15). The topological polar surface area (TPSA) is 96.7 Å². The lowest BCUT2D eigenvalue weighted by Crippen LogP contribution is -2.24. The van der Waals surface area contributed by atoms with Crippen LogP contribution in [0, 0.1) is 6.92 Å². The van der Waals surface area contributed by atoms with Gasteiger partial charge in [0, 0.05) is 5.69 Å². The zero-order valence-electron chi connectivity index (χ0n) is 8.07. The van der Waals surface area contributed by atoms with Crippen molar-refractivity contribution in [2.75, 3.05) is 5.73 Å². The molecule has 2 aromatic rings. The van der Waals surface area contributed by atoms with Crippen molar-refractivity contribution in [2.45, 2.75) is 6.92 Å². The zero-order chi connectivity index (χ0) is 11.0. The summed E-state index contributed by atoms with van der Waals surface area (Å²) in [4.78, 5) is 22.5. The van der Waals surface area contributed by atoms with Gasteiger partial charge in [-0.2, -0.15) is 0 Å². The third-order valence-electron chi connectivity index (χ3n) is 2.20. The second-order valence-corrected chi connectivity index (χ2v) is 3.24. The van der Waals surface area contributed by atoms with Crippen LogP contribution in [0.2, 0.25) is 0 Å². The van der Waals surface area contributed by atoms with E-state index >= 15 is 0 Å². The average Bonchev–Trinajstić information content (AvgIpc) is 2.52. The molecule has 1 aromatic carbocycles. The number of aryl methyl sites for hydroxylation is 1. The van der Waals surface area contributed by atoms with Crippen LogP contribution in [0.5, 0.6) is 0 Å². The van der Waals surface area contributed by atoms with Crippen molar-refractivity contribution < 1.29 is 0 Å². The Hall–Kier alpha value is -2.24. The summed E-state index contributed by atoms with van der Waals surface area (Å²) in [5.74, 6) is 0. The van der Waals surface area contributed by atoms with Crippen LogP contribution in [-0.2, 0) is 0 Å². The van der Waals surface area contributed by atoms with Crippen LogP contribution in [0.1, 0.15) is 5.56 Å². The Balaban J connectivity index is 2.70. The van der Waals surface area contributed by atoms with Gasteiger partial charge in [-0.15, -0.1) is 0 Å². The highest BCUT2D eigenvalue weighted by molar-refractivity contribution is 5.53. The van der Waals surface area contributed by atoms with Gasteiger partial charge >= 0.3 is 11.4 Å². The summed E-state index contributed by atoms with van der Waals surface area (Å²) >= 11 is 0. The van der Waals surface area contributed by atoms with Crippen molar-refractivity contribution in [3.63, 3.8) is 0 Å². The second kappa shape index (κ2) is 3.16. The van der Waals surface area contributed by atoms with E-state index in [1.54, 1.807) is 18.2 Å². The van der Waals surface area contributed by atoms with Crippen molar-refractivity contribution in [2.24, 2.45) is 0 Å². The monoisotopic (exact) mass is 206 g/mol. The zero-order valence-corrected chi connectivity index (χ0v) is 8.07. The molecule has 0 saturated carbocycles. The highest BCUT2D eigenvalue weighted by Crippen LogP contribution is 2.13. The lowest BCUT2D eigenvalue weighted by molar-refractivity contribution is 0.951. The molecule has 6 nitrogen and oxygen atoms in total. The van der Waals surface area contributed by atoms with E-state index in [1.165, 1.54) is 0 Å². The summed E-state index contributed by atoms with van der Waals surface area (Å²) in [6, 6.07) is 5.00. The fourth-order valence-electron chi connectivity index (χ4n) is 1.31. The Kier molecular flexibility index (Phi) is 1.96. The molecule has 2 rings (SSSR count). The number of nitrogens with one attached hydrogen (secondary N) is 2. The van der Waals surface area contributed by atoms with Crippen LogP contribution >= 0.6 is 0 Å². The minimum atomic E-state index is -0.511. The predicted octanol–water partition coefficient (Wildman–Crippen LogP) is -0.255. The number of nitrogens with two attached hydrogens (primary N) is 1. The van der Waals surface area contributed by atoms with Crippen LogP contribution in [0.3, 0.4) is 0 Å². The van der Waals surface area contributed by atoms with E-state index in [-0.39, 0.29) is 0 Å². The summed E-state index contributed by atoms with van der Waals surface area (Å²) in [6.07, 6.45) is 0. The van der Waals surface area contributed by atoms with Crippen molar-refractivity contribution >= 4 is 5.69 Å². The van der Waals surface area contributed by atoms with Gasteiger partial charge in [-0.1, -0.05) is 6.07 Å². The fourth-order valence-corrected chi connectivity index (χ4v) is 1.31. The normalized spacial score (nSPS) is 10.5. The molecule has 1 aromatic heterocycles. The van der Waals surface area contributed by atoms with E-state index in [4.69, 9.17) is 5.73 Å². The first-order valence-corrected chi connectivity index (χ1v) is 4.36. The van der Waals surface area contributed by atoms with Gasteiger partial charge in [-0.3, -0.25) is 0 Å². The van der Waals surface area contributed by atoms with Crippen LogP contribution < -0.4 is 17.1 Å². The third-order valence-corrected chi connectivity index (χ3v) is 2.20. The molecular formula is C9H10N4O2. The molecule has 4 N–H and O–H groups in total. The second-order valence-electron chi connectivity index (χ2n) is 3.24. The molecule has 0 amide bonds. The Labute approximate surface area is 84.3 Å². The Morgan fingerprint density at radius 2 is 1.80 bits per heavy atom. The van der Waals surface area contributed by atoms with Gasteiger partial charge in [-0.05, 0) is 24.6 Å². The van der Waals surface area contributed by atoms with Gasteiger partial charge in [0.05, 0.1) is 5.69 Å². The van der Waals surface area contributed by atoms with E-state index in [1.807, 2.05) is 6.92 Å². The summed E-state index contributed by atoms with van der Waals surface area (Å²) in [6.45, 7) is 1.85. The molecule has 0 atom stereocenters. The molecular weight excluding hydrogens is 196 g/mol. The molecule has 0 saturated heterocycles. The smallest absolute Gasteiger partial charge is 0.348 e. The van der Waals surface area contributed by atoms with Gasteiger partial charge in [0.25, 0.3) is 0 Å². The number of benzene rings is 1. The summed E-state index contributed by atoms with van der Waals surface area (Å²) in [5, 5.41) is 4.40. The first kappa shape index (κ1) is 9.32. The van der Waals surface area contributed by atoms with Crippen LogP contribution in [0.15, 0.2) is 27.8 Å². The van der Waals surface area contributed by atoms with Crippen molar-refractivity contribution in [1.29, 1.82) is 0 Å². The lowest BCUT2D eigenvalue weighted by atomic mass is 10.2. The molecule has 0 spiro atoms. The number of nitrogen functional groups attached to an aromatic ring is 1. The van der Waals surface area contributed by atoms with E-state index in [0.717, 1.165) is 10.1 Å². The average molecular weight is 206 g/mol. The number of anilines is 1. The Bertz CT molecular complexity index is 578. The molecule has 0 fully saturated rings. The molecule has 1 heterocycles. The number of aromatic amines is 2. The fraction of sp³-hybridized carbons (Fsp3) is 0.111. The van der Waals surface area contributed by atoms with E-state index < -0.39 is 11.4 Å². The summed E-state index contributed by atoms with van der Waals surface area (Å²) in [7, 11) is 0. The van der Waals surface area contributed by atoms with Crippen LogP contribution in [0.4, 0.5) is 5.69 Å². The van der Waals surface area contributed by atoms with E-state index in [0.29, 0.717) is 11.4 Å². The Morgan fingerprint density at radius 1 is 1.20 bits per heavy atom. The van der Waals surface area contributed by atoms with E-state index in [9.17, 15) is 9.59 Å². The first-order chi connectivity index (χ1) is 7.09. The highest BCUT2D eigenvalue weighted by Gasteiger charge is 2.06. The van der Waals surface area contributed by atoms with Crippen molar-refractivity contribution in [3.8, 4) is 5.69 Å². The minimum Gasteiger partial charge on any atom is -0.398 e. The van der Waals surface area contributed by atoms with Gasteiger partial charge in [0.2, 0.25) is 0 Å². The molecule has 0 bridgehead atoms. The van der Waals surface area contributed by atoms with Crippen molar-refractivity contribution in [3.05, 3.63) is 44.7 Å². The minimum absolute atomic E-state index is 0.450. The maximum absolute atomic E-state index is 11.3. The van der Waals surface area contributed by atoms with Crippen LogP contribution in [-0.4, -0.2) is 14.8 Å². The largest absolute Gasteiger partial charge is 0.398 e. The molecule has 78 valence electrons. The van der Waals surface area contributed by atoms with Gasteiger partial charge in [0.1, 0.15) is 0 Å². The van der Waals surface area contributed by atoms with E-state index in [2.05, 4.69) is 10.2 Å². The summed E-state index contributed by atoms with van der Waals surface area (Å²) in [5.41, 5.74) is 6.56. The number of H-pyrrole nitrogens is 2. The quantitative estimate of drug-likeness (QED) is 0.561. The third kappa shape index (κ3) is 1.45. The lowest BCUT2D eigenvalue weighted by Gasteiger charge is -2.03. The number of rotatable bonds is 1. The maximum Gasteiger partial charge on any atom is 0.348 e. The number of hydrogen-bond acceptors (Lipinski definition) is 3. The molecule has 6 heteroatoms. The molecule has 15 heavy (non-hydrogen) atoms. The number of nitrogens with zero attached hydrogens (tertiary/aromatic N) is 1. The van der Waals surface area contributed by atoms with Gasteiger partial charge in [-0.25, -0.2) is 24.4 Å². The molecule has 0 aliphatic rings. The van der Waals surface area contributed by atoms with Crippen molar-refractivity contribution in [1.82, 2.24) is 14.8 Å². The molecule has 0 unspecified atom stereocenters. The molecule has 0 aliphatic heterocycles. The SMILES string of the molecule is Cc1ccc(-n2c(=O)[nH][nH]c2=O)cc1N. The summed E-state index contributed by atoms with van der Waals surface area (Å²) < 4.78 is 0.982. The maximum atomic E-state index is 11.3. The van der Waals surface area contributed by atoms with Gasteiger partial charge < -0.3 is 5.73 Å². The van der Waals surface area contributed by atoms with Gasteiger partial charge in [0.15, 0.2) is 0 Å². The number of aromatic nitrogens is 3. The Morgan fingerprint density at radius 3 is 2.33 bits per heavy atom. The number of hydrogen-bond donors (Lipinski definition) is 3.